The summed E-state index contributed by atoms with van der Waals surface area (Å²) in [6.45, 7) is 12.7. The minimum atomic E-state index is 0.449. The van der Waals surface area contributed by atoms with Gasteiger partial charge in [-0.25, -0.2) is 0 Å². The molecule has 0 aromatic heterocycles. The Morgan fingerprint density at radius 2 is 2.13 bits per heavy atom. The highest BCUT2D eigenvalue weighted by Crippen LogP contribution is 2.36. The molecule has 0 aromatic carbocycles. The average Bonchev–Trinajstić information content (AvgIpc) is 2.23. The Kier molecular flexibility index (Phi) is 4.16. The summed E-state index contributed by atoms with van der Waals surface area (Å²) in [6.07, 6.45) is 3.67. The van der Waals surface area contributed by atoms with E-state index in [1.807, 2.05) is 0 Å². The lowest BCUT2D eigenvalue weighted by molar-refractivity contribution is 0.183. The first-order chi connectivity index (χ1) is 6.88. The molecule has 1 fully saturated rings. The fourth-order valence-corrected chi connectivity index (χ4v) is 3.18. The molecular weight excluding hydrogens is 202 g/mol. The third-order valence-electron chi connectivity index (χ3n) is 3.71. The van der Waals surface area contributed by atoms with Gasteiger partial charge in [0.1, 0.15) is 0 Å². The van der Waals surface area contributed by atoms with Gasteiger partial charge >= 0.3 is 0 Å². The zero-order chi connectivity index (χ0) is 11.6. The van der Waals surface area contributed by atoms with Crippen molar-refractivity contribution < 1.29 is 0 Å². The quantitative estimate of drug-likeness (QED) is 0.659. The van der Waals surface area contributed by atoms with Gasteiger partial charge in [0.15, 0.2) is 0 Å². The first-order valence-corrected chi connectivity index (χ1v) is 6.58. The summed E-state index contributed by atoms with van der Waals surface area (Å²) in [6, 6.07) is 0.550. The molecule has 0 amide bonds. The molecule has 1 nitrogen and oxygen atoms in total. The van der Waals surface area contributed by atoms with Gasteiger partial charge in [-0.1, -0.05) is 33.0 Å². The molecule has 0 bridgehead atoms. The van der Waals surface area contributed by atoms with Crippen LogP contribution in [0, 0.1) is 11.3 Å². The van der Waals surface area contributed by atoms with Gasteiger partial charge in [-0.2, -0.15) is 0 Å². The zero-order valence-electron chi connectivity index (χ0n) is 10.8. The standard InChI is InChI=1S/C13H25NS/c1-6-13(5)8-11(4)7-12(15)14(9-13)10(2)3/h10-11H,6-9H2,1-5H3. The molecule has 2 heteroatoms. The van der Waals surface area contributed by atoms with Crippen LogP contribution >= 0.6 is 12.2 Å². The Bertz CT molecular complexity index is 237. The summed E-state index contributed by atoms with van der Waals surface area (Å²) in [7, 11) is 0. The number of hydrogen-bond acceptors (Lipinski definition) is 1. The molecule has 15 heavy (non-hydrogen) atoms. The van der Waals surface area contributed by atoms with Crippen molar-refractivity contribution in [3.05, 3.63) is 0 Å². The lowest BCUT2D eigenvalue weighted by Gasteiger charge is -2.36. The second kappa shape index (κ2) is 4.82. The third kappa shape index (κ3) is 3.17. The summed E-state index contributed by atoms with van der Waals surface area (Å²) in [5, 5.41) is 0. The van der Waals surface area contributed by atoms with Crippen LogP contribution in [0.15, 0.2) is 0 Å². The zero-order valence-corrected chi connectivity index (χ0v) is 11.7. The molecule has 88 valence electrons. The Morgan fingerprint density at radius 3 is 2.60 bits per heavy atom. The van der Waals surface area contributed by atoms with E-state index in [9.17, 15) is 0 Å². The normalized spacial score (nSPS) is 33.3. The van der Waals surface area contributed by atoms with E-state index in [2.05, 4.69) is 39.5 Å². The topological polar surface area (TPSA) is 3.24 Å². The highest BCUT2D eigenvalue weighted by atomic mass is 32.1. The molecular formula is C13H25NS. The van der Waals surface area contributed by atoms with Gasteiger partial charge in [-0.05, 0) is 38.0 Å². The number of rotatable bonds is 2. The SMILES string of the molecule is CCC1(C)CC(C)CC(=S)N(C(C)C)C1. The van der Waals surface area contributed by atoms with E-state index in [1.165, 1.54) is 17.8 Å². The Balaban J connectivity index is 2.86. The fraction of sp³-hybridized carbons (Fsp3) is 0.923. The van der Waals surface area contributed by atoms with E-state index in [0.717, 1.165) is 18.9 Å². The van der Waals surface area contributed by atoms with Crippen LogP contribution < -0.4 is 0 Å². The minimum Gasteiger partial charge on any atom is -0.363 e. The lowest BCUT2D eigenvalue weighted by atomic mass is 9.79. The molecule has 0 saturated carbocycles. The van der Waals surface area contributed by atoms with E-state index < -0.39 is 0 Å². The summed E-state index contributed by atoms with van der Waals surface area (Å²) < 4.78 is 0. The maximum atomic E-state index is 5.54. The van der Waals surface area contributed by atoms with Gasteiger partial charge < -0.3 is 4.90 Å². The number of thiocarbonyl (C=S) groups is 1. The van der Waals surface area contributed by atoms with Gasteiger partial charge in [0.25, 0.3) is 0 Å². The molecule has 0 radical (unpaired) electrons. The van der Waals surface area contributed by atoms with Crippen molar-refractivity contribution in [3.63, 3.8) is 0 Å². The van der Waals surface area contributed by atoms with Gasteiger partial charge in [0, 0.05) is 19.0 Å². The molecule has 0 aliphatic carbocycles. The molecule has 0 N–H and O–H groups in total. The van der Waals surface area contributed by atoms with Crippen LogP contribution in [-0.4, -0.2) is 22.5 Å². The van der Waals surface area contributed by atoms with E-state index >= 15 is 0 Å². The maximum Gasteiger partial charge on any atom is 0.0784 e. The van der Waals surface area contributed by atoms with Gasteiger partial charge in [0.05, 0.1) is 4.99 Å². The predicted octanol–water partition coefficient (Wildman–Crippen LogP) is 3.87. The highest BCUT2D eigenvalue weighted by Gasteiger charge is 2.33. The van der Waals surface area contributed by atoms with Gasteiger partial charge in [0.2, 0.25) is 0 Å². The molecule has 0 aromatic rings. The van der Waals surface area contributed by atoms with E-state index in [0.29, 0.717) is 11.5 Å². The van der Waals surface area contributed by atoms with Crippen LogP contribution in [0.1, 0.15) is 53.9 Å². The second-order valence-electron chi connectivity index (χ2n) is 5.79. The van der Waals surface area contributed by atoms with Crippen LogP contribution in [0.5, 0.6) is 0 Å². The predicted molar refractivity (Wildman–Crippen MR) is 71.2 cm³/mol. The van der Waals surface area contributed by atoms with E-state index in [1.54, 1.807) is 0 Å². The first kappa shape index (κ1) is 13.0. The summed E-state index contributed by atoms with van der Waals surface area (Å²) in [4.78, 5) is 3.61. The van der Waals surface area contributed by atoms with Crippen molar-refractivity contribution in [1.29, 1.82) is 0 Å². The lowest BCUT2D eigenvalue weighted by Crippen LogP contribution is -2.41. The minimum absolute atomic E-state index is 0.449. The number of nitrogens with zero attached hydrogens (tertiary/aromatic N) is 1. The number of likely N-dealkylation sites (tertiary alicyclic amines) is 1. The highest BCUT2D eigenvalue weighted by molar-refractivity contribution is 7.80. The van der Waals surface area contributed by atoms with Gasteiger partial charge in [-0.3, -0.25) is 0 Å². The van der Waals surface area contributed by atoms with Gasteiger partial charge in [-0.15, -0.1) is 0 Å². The smallest absolute Gasteiger partial charge is 0.0784 e. The third-order valence-corrected chi connectivity index (χ3v) is 4.11. The van der Waals surface area contributed by atoms with Crippen molar-refractivity contribution in [3.8, 4) is 0 Å². The Hall–Kier alpha value is -0.110. The Labute approximate surface area is 100 Å². The van der Waals surface area contributed by atoms with Crippen LogP contribution in [0.25, 0.3) is 0 Å². The maximum absolute atomic E-state index is 5.54. The molecule has 2 unspecified atom stereocenters. The van der Waals surface area contributed by atoms with Crippen LogP contribution in [0.2, 0.25) is 0 Å². The molecule has 1 saturated heterocycles. The van der Waals surface area contributed by atoms with Crippen LogP contribution in [-0.2, 0) is 0 Å². The summed E-state index contributed by atoms with van der Waals surface area (Å²) >= 11 is 5.54. The molecule has 1 rings (SSSR count). The van der Waals surface area contributed by atoms with Crippen molar-refractivity contribution >= 4 is 17.2 Å². The monoisotopic (exact) mass is 227 g/mol. The Morgan fingerprint density at radius 1 is 1.53 bits per heavy atom. The molecule has 0 spiro atoms. The van der Waals surface area contributed by atoms with Crippen LogP contribution in [0.3, 0.4) is 0 Å². The molecule has 2 atom stereocenters. The van der Waals surface area contributed by atoms with Crippen molar-refractivity contribution in [2.45, 2.75) is 59.9 Å². The first-order valence-electron chi connectivity index (χ1n) is 6.17. The van der Waals surface area contributed by atoms with Crippen LogP contribution in [0.4, 0.5) is 0 Å². The van der Waals surface area contributed by atoms with E-state index in [-0.39, 0.29) is 0 Å². The second-order valence-corrected chi connectivity index (χ2v) is 6.26. The largest absolute Gasteiger partial charge is 0.363 e. The van der Waals surface area contributed by atoms with Crippen molar-refractivity contribution in [2.75, 3.05) is 6.54 Å². The number of hydrogen-bond donors (Lipinski definition) is 0. The van der Waals surface area contributed by atoms with Crippen molar-refractivity contribution in [2.24, 2.45) is 11.3 Å². The average molecular weight is 227 g/mol. The molecule has 1 aliphatic heterocycles. The fourth-order valence-electron chi connectivity index (χ4n) is 2.62. The summed E-state index contributed by atoms with van der Waals surface area (Å²) in [5.41, 5.74) is 0.449. The molecule has 1 aliphatic rings. The molecule has 1 heterocycles. The van der Waals surface area contributed by atoms with E-state index in [4.69, 9.17) is 12.2 Å². The van der Waals surface area contributed by atoms with Crippen molar-refractivity contribution in [1.82, 2.24) is 4.90 Å². The summed E-state index contributed by atoms with van der Waals surface area (Å²) in [5.74, 6) is 0.742.